The third kappa shape index (κ3) is 8.64. The van der Waals surface area contributed by atoms with Crippen LogP contribution in [0.4, 0.5) is 0 Å². The maximum atomic E-state index is 11.6. The Bertz CT molecular complexity index is 841. The van der Waals surface area contributed by atoms with Crippen molar-refractivity contribution in [3.8, 4) is 11.5 Å². The lowest BCUT2D eigenvalue weighted by atomic mass is 10.1. The number of carbonyl (C=O) groups excluding carboxylic acids is 1. The molecule has 0 unspecified atom stereocenters. The maximum absolute atomic E-state index is 11.6. The molecule has 170 valence electrons. The van der Waals surface area contributed by atoms with Crippen LogP contribution >= 0.6 is 24.0 Å². The number of ether oxygens (including phenoxy) is 2. The highest BCUT2D eigenvalue weighted by atomic mass is 127. The number of aliphatic imine (C=N–C) groups is 1. The van der Waals surface area contributed by atoms with E-state index in [9.17, 15) is 4.79 Å². The first kappa shape index (κ1) is 26.5. The van der Waals surface area contributed by atoms with Crippen LogP contribution in [0.25, 0.3) is 0 Å². The zero-order chi connectivity index (χ0) is 21.8. The molecule has 0 aromatic heterocycles. The van der Waals surface area contributed by atoms with E-state index < -0.39 is 0 Å². The Labute approximate surface area is 202 Å². The lowest BCUT2D eigenvalue weighted by molar-refractivity contribution is 0.0963. The van der Waals surface area contributed by atoms with Crippen LogP contribution in [0.2, 0.25) is 0 Å². The predicted octanol–water partition coefficient (Wildman–Crippen LogP) is 3.37. The van der Waals surface area contributed by atoms with Crippen LogP contribution in [-0.2, 0) is 13.0 Å². The van der Waals surface area contributed by atoms with E-state index >= 15 is 0 Å². The van der Waals surface area contributed by atoms with E-state index in [0.717, 1.165) is 41.6 Å². The van der Waals surface area contributed by atoms with Crippen molar-refractivity contribution in [3.63, 3.8) is 0 Å². The van der Waals surface area contributed by atoms with Gasteiger partial charge in [0.15, 0.2) is 17.5 Å². The highest BCUT2D eigenvalue weighted by Gasteiger charge is 2.07. The number of hydrogen-bond acceptors (Lipinski definition) is 4. The Morgan fingerprint density at radius 2 is 1.58 bits per heavy atom. The number of halogens is 1. The Hall–Kier alpha value is -2.49. The molecule has 0 radical (unpaired) electrons. The first-order valence-electron chi connectivity index (χ1n) is 10.2. The van der Waals surface area contributed by atoms with E-state index in [0.29, 0.717) is 25.3 Å². The number of nitrogens with one attached hydrogen (secondary N) is 3. The molecule has 31 heavy (non-hydrogen) atoms. The van der Waals surface area contributed by atoms with Gasteiger partial charge < -0.3 is 25.4 Å². The van der Waals surface area contributed by atoms with Gasteiger partial charge in [-0.25, -0.2) is 0 Å². The van der Waals surface area contributed by atoms with Crippen molar-refractivity contribution in [3.05, 3.63) is 59.2 Å². The number of rotatable bonds is 10. The number of amides is 1. The normalized spacial score (nSPS) is 10.6. The van der Waals surface area contributed by atoms with Gasteiger partial charge in [-0.3, -0.25) is 9.79 Å². The van der Waals surface area contributed by atoms with Crippen LogP contribution < -0.4 is 25.4 Å². The number of nitrogens with zero attached hydrogens (tertiary/aromatic N) is 1. The first-order valence-corrected chi connectivity index (χ1v) is 10.2. The molecule has 0 aliphatic carbocycles. The molecular weight excluding hydrogens is 507 g/mol. The second-order valence-corrected chi connectivity index (χ2v) is 6.53. The SMILES string of the molecule is CCOc1ccc(CCNC(=NC)NCc2ccc(C(=O)NC)cc2)cc1OCC.I. The zero-order valence-electron chi connectivity index (χ0n) is 18.7. The van der Waals surface area contributed by atoms with Crippen molar-refractivity contribution in [1.29, 1.82) is 0 Å². The summed E-state index contributed by atoms with van der Waals surface area (Å²) in [6, 6.07) is 13.5. The van der Waals surface area contributed by atoms with Crippen LogP contribution in [0.1, 0.15) is 35.3 Å². The number of hydrogen-bond donors (Lipinski definition) is 3. The van der Waals surface area contributed by atoms with E-state index in [1.54, 1.807) is 14.1 Å². The standard InChI is InChI=1S/C23H32N4O3.HI/c1-5-29-20-12-9-17(15-21(20)30-6-2)13-14-26-23(25-4)27-16-18-7-10-19(11-8-18)22(28)24-3;/h7-12,15H,5-6,13-14,16H2,1-4H3,(H,24,28)(H2,25,26,27);1H. The van der Waals surface area contributed by atoms with Gasteiger partial charge in [-0.05, 0) is 55.7 Å². The van der Waals surface area contributed by atoms with Crippen molar-refractivity contribution < 1.29 is 14.3 Å². The van der Waals surface area contributed by atoms with Crippen molar-refractivity contribution in [2.45, 2.75) is 26.8 Å². The number of benzene rings is 2. The van der Waals surface area contributed by atoms with Gasteiger partial charge in [-0.1, -0.05) is 18.2 Å². The van der Waals surface area contributed by atoms with E-state index in [-0.39, 0.29) is 29.9 Å². The summed E-state index contributed by atoms with van der Waals surface area (Å²) >= 11 is 0. The summed E-state index contributed by atoms with van der Waals surface area (Å²) in [6.45, 7) is 6.48. The summed E-state index contributed by atoms with van der Waals surface area (Å²) in [7, 11) is 3.37. The fourth-order valence-corrected chi connectivity index (χ4v) is 2.90. The van der Waals surface area contributed by atoms with Gasteiger partial charge in [0.2, 0.25) is 0 Å². The van der Waals surface area contributed by atoms with Crippen molar-refractivity contribution in [2.24, 2.45) is 4.99 Å². The fraction of sp³-hybridized carbons (Fsp3) is 0.391. The topological polar surface area (TPSA) is 84.0 Å². The van der Waals surface area contributed by atoms with Crippen LogP contribution in [-0.4, -0.2) is 45.7 Å². The molecule has 0 aliphatic rings. The third-order valence-electron chi connectivity index (χ3n) is 4.44. The minimum atomic E-state index is -0.0891. The zero-order valence-corrected chi connectivity index (χ0v) is 21.0. The third-order valence-corrected chi connectivity index (χ3v) is 4.44. The molecule has 0 aliphatic heterocycles. The summed E-state index contributed by atoms with van der Waals surface area (Å²) in [6.07, 6.45) is 0.827. The summed E-state index contributed by atoms with van der Waals surface area (Å²) in [5.74, 6) is 2.19. The summed E-state index contributed by atoms with van der Waals surface area (Å²) < 4.78 is 11.3. The van der Waals surface area contributed by atoms with Crippen molar-refractivity contribution in [2.75, 3.05) is 33.9 Å². The van der Waals surface area contributed by atoms with Gasteiger partial charge in [0.25, 0.3) is 5.91 Å². The maximum Gasteiger partial charge on any atom is 0.251 e. The number of guanidine groups is 1. The highest BCUT2D eigenvalue weighted by Crippen LogP contribution is 2.28. The van der Waals surface area contributed by atoms with Crippen molar-refractivity contribution in [1.82, 2.24) is 16.0 Å². The van der Waals surface area contributed by atoms with E-state index in [1.165, 1.54) is 0 Å². The molecule has 0 spiro atoms. The quantitative estimate of drug-likeness (QED) is 0.245. The first-order chi connectivity index (χ1) is 14.6. The van der Waals surface area contributed by atoms with Crippen LogP contribution in [0.15, 0.2) is 47.5 Å². The minimum Gasteiger partial charge on any atom is -0.490 e. The van der Waals surface area contributed by atoms with E-state index in [4.69, 9.17) is 9.47 Å². The second-order valence-electron chi connectivity index (χ2n) is 6.53. The molecule has 0 bridgehead atoms. The minimum absolute atomic E-state index is 0. The molecule has 0 atom stereocenters. The Kier molecular flexibility index (Phi) is 12.4. The molecule has 0 saturated heterocycles. The summed E-state index contributed by atoms with van der Waals surface area (Å²) in [4.78, 5) is 15.9. The summed E-state index contributed by atoms with van der Waals surface area (Å²) in [5.41, 5.74) is 2.87. The van der Waals surface area contributed by atoms with Gasteiger partial charge >= 0.3 is 0 Å². The van der Waals surface area contributed by atoms with Gasteiger partial charge in [0.05, 0.1) is 13.2 Å². The van der Waals surface area contributed by atoms with Gasteiger partial charge in [0, 0.05) is 32.7 Å². The molecule has 2 rings (SSSR count). The Morgan fingerprint density at radius 1 is 0.935 bits per heavy atom. The molecule has 8 heteroatoms. The number of carbonyl (C=O) groups is 1. The van der Waals surface area contributed by atoms with Crippen LogP contribution in [0.3, 0.4) is 0 Å². The van der Waals surface area contributed by atoms with E-state index in [2.05, 4.69) is 27.0 Å². The molecule has 3 N–H and O–H groups in total. The second kappa shape index (κ2) is 14.5. The van der Waals surface area contributed by atoms with Gasteiger partial charge in [-0.15, -0.1) is 24.0 Å². The average molecular weight is 540 g/mol. The predicted molar refractivity (Wildman–Crippen MR) is 136 cm³/mol. The monoisotopic (exact) mass is 540 g/mol. The van der Waals surface area contributed by atoms with Crippen LogP contribution in [0.5, 0.6) is 11.5 Å². The molecule has 2 aromatic carbocycles. The average Bonchev–Trinajstić information content (AvgIpc) is 2.77. The molecule has 7 nitrogen and oxygen atoms in total. The molecule has 2 aromatic rings. The molecule has 1 amide bonds. The fourth-order valence-electron chi connectivity index (χ4n) is 2.90. The molecule has 0 heterocycles. The largest absolute Gasteiger partial charge is 0.490 e. The lowest BCUT2D eigenvalue weighted by Crippen LogP contribution is -2.37. The smallest absolute Gasteiger partial charge is 0.251 e. The summed E-state index contributed by atoms with van der Waals surface area (Å²) in [5, 5.41) is 9.22. The van der Waals surface area contributed by atoms with Crippen molar-refractivity contribution >= 4 is 35.8 Å². The molecule has 0 fully saturated rings. The Morgan fingerprint density at radius 3 is 2.19 bits per heavy atom. The lowest BCUT2D eigenvalue weighted by Gasteiger charge is -2.14. The molecular formula is C23H33IN4O3. The van der Waals surface area contributed by atoms with Gasteiger partial charge in [0.1, 0.15) is 0 Å². The van der Waals surface area contributed by atoms with Gasteiger partial charge in [-0.2, -0.15) is 0 Å². The van der Waals surface area contributed by atoms with E-state index in [1.807, 2.05) is 50.2 Å². The molecule has 0 saturated carbocycles. The Balaban J connectivity index is 0.00000480. The van der Waals surface area contributed by atoms with Crippen LogP contribution in [0, 0.1) is 0 Å². The highest BCUT2D eigenvalue weighted by molar-refractivity contribution is 14.0.